The molecule has 0 atom stereocenters. The van der Waals surface area contributed by atoms with Crippen molar-refractivity contribution in [2.45, 2.75) is 38.5 Å². The van der Waals surface area contributed by atoms with Gasteiger partial charge in [-0.1, -0.05) is 24.3 Å². The van der Waals surface area contributed by atoms with Crippen LogP contribution >= 0.6 is 0 Å². The summed E-state index contributed by atoms with van der Waals surface area (Å²) in [5.41, 5.74) is 6.98. The number of nitrogens with zero attached hydrogens (tertiary/aromatic N) is 4. The summed E-state index contributed by atoms with van der Waals surface area (Å²) in [6, 6.07) is 16.1. The van der Waals surface area contributed by atoms with Crippen LogP contribution in [0, 0.1) is 0 Å². The van der Waals surface area contributed by atoms with E-state index in [1.807, 2.05) is 48.5 Å². The van der Waals surface area contributed by atoms with E-state index in [-0.39, 0.29) is 10.8 Å². The predicted octanol–water partition coefficient (Wildman–Crippen LogP) is 4.54. The van der Waals surface area contributed by atoms with Gasteiger partial charge in [0.25, 0.3) is 0 Å². The summed E-state index contributed by atoms with van der Waals surface area (Å²) in [7, 11) is 0. The molecule has 4 heteroatoms. The van der Waals surface area contributed by atoms with Crippen LogP contribution in [0.2, 0.25) is 0 Å². The van der Waals surface area contributed by atoms with E-state index in [4.69, 9.17) is 19.9 Å². The molecule has 1 aliphatic carbocycles. The zero-order valence-corrected chi connectivity index (χ0v) is 15.4. The van der Waals surface area contributed by atoms with Gasteiger partial charge in [0.15, 0.2) is 0 Å². The molecule has 0 saturated heterocycles. The minimum atomic E-state index is -0.353. The highest BCUT2D eigenvalue weighted by Crippen LogP contribution is 2.47. The average Bonchev–Trinajstić information content (AvgIpc) is 2.65. The molecule has 0 amide bonds. The van der Waals surface area contributed by atoms with Crippen molar-refractivity contribution in [3.63, 3.8) is 0 Å². The summed E-state index contributed by atoms with van der Waals surface area (Å²) in [4.78, 5) is 20.1. The second kappa shape index (κ2) is 4.85. The minimum Gasteiger partial charge on any atom is -0.248 e. The van der Waals surface area contributed by atoms with Gasteiger partial charge in [-0.15, -0.1) is 0 Å². The molecule has 0 aliphatic heterocycles. The fourth-order valence-corrected chi connectivity index (χ4v) is 3.97. The van der Waals surface area contributed by atoms with Gasteiger partial charge in [-0.05, 0) is 52.0 Å². The highest BCUT2D eigenvalue weighted by Gasteiger charge is 2.46. The second-order valence-electron chi connectivity index (χ2n) is 8.07. The van der Waals surface area contributed by atoms with Crippen molar-refractivity contribution >= 4 is 22.1 Å². The summed E-state index contributed by atoms with van der Waals surface area (Å²) < 4.78 is 0. The first-order valence-electron chi connectivity index (χ1n) is 8.94. The third kappa shape index (κ3) is 1.90. The Balaban J connectivity index is 1.91. The lowest BCUT2D eigenvalue weighted by Crippen LogP contribution is -2.40. The standard InChI is InChI=1S/C22H20N4/c1-21(2)17-19(25-15-11-7-5-9-13(15)23-17)22(3,4)20-18(21)24-14-10-6-8-12-16(14)26-20/h5-12H,1-4H3. The number of para-hydroxylation sites is 4. The van der Waals surface area contributed by atoms with E-state index in [2.05, 4.69) is 27.7 Å². The van der Waals surface area contributed by atoms with Crippen LogP contribution in [0.4, 0.5) is 0 Å². The summed E-state index contributed by atoms with van der Waals surface area (Å²) in [6.45, 7) is 8.69. The normalized spacial score (nSPS) is 17.1. The first kappa shape index (κ1) is 15.4. The van der Waals surface area contributed by atoms with Crippen molar-refractivity contribution in [1.29, 1.82) is 0 Å². The maximum absolute atomic E-state index is 5.01. The molecule has 2 heterocycles. The number of aromatic nitrogens is 4. The molecule has 0 bridgehead atoms. The molecule has 0 saturated carbocycles. The molecule has 2 aromatic carbocycles. The zero-order chi connectivity index (χ0) is 18.1. The second-order valence-corrected chi connectivity index (χ2v) is 8.07. The van der Waals surface area contributed by atoms with E-state index in [0.717, 1.165) is 44.8 Å². The fourth-order valence-electron chi connectivity index (χ4n) is 3.97. The molecule has 0 fully saturated rings. The Morgan fingerprint density at radius 2 is 0.692 bits per heavy atom. The molecule has 0 radical (unpaired) electrons. The Morgan fingerprint density at radius 3 is 0.923 bits per heavy atom. The van der Waals surface area contributed by atoms with Crippen LogP contribution < -0.4 is 0 Å². The third-order valence-corrected chi connectivity index (χ3v) is 5.51. The first-order valence-corrected chi connectivity index (χ1v) is 8.94. The number of fused-ring (bicyclic) bond motifs is 4. The molecular formula is C22H20N4. The van der Waals surface area contributed by atoms with Gasteiger partial charge in [0, 0.05) is 0 Å². The van der Waals surface area contributed by atoms with Crippen LogP contribution in [0.15, 0.2) is 48.5 Å². The zero-order valence-electron chi connectivity index (χ0n) is 15.4. The molecule has 4 nitrogen and oxygen atoms in total. The van der Waals surface area contributed by atoms with Gasteiger partial charge in [-0.25, -0.2) is 19.9 Å². The van der Waals surface area contributed by atoms with Gasteiger partial charge in [0.1, 0.15) is 0 Å². The summed E-state index contributed by atoms with van der Waals surface area (Å²) in [6.07, 6.45) is 0. The van der Waals surface area contributed by atoms with Crippen molar-refractivity contribution in [3.8, 4) is 0 Å². The Labute approximate surface area is 152 Å². The average molecular weight is 340 g/mol. The highest BCUT2D eigenvalue weighted by molar-refractivity contribution is 5.77. The monoisotopic (exact) mass is 340 g/mol. The number of benzene rings is 2. The highest BCUT2D eigenvalue weighted by atomic mass is 14.9. The van der Waals surface area contributed by atoms with Crippen molar-refractivity contribution in [2.24, 2.45) is 0 Å². The summed E-state index contributed by atoms with van der Waals surface area (Å²) in [5, 5.41) is 0. The van der Waals surface area contributed by atoms with Crippen molar-refractivity contribution in [2.75, 3.05) is 0 Å². The molecule has 0 unspecified atom stereocenters. The molecule has 4 aromatic rings. The molecular weight excluding hydrogens is 320 g/mol. The molecule has 2 aromatic heterocycles. The van der Waals surface area contributed by atoms with Crippen LogP contribution in [0.1, 0.15) is 50.5 Å². The quantitative estimate of drug-likeness (QED) is 0.472. The lowest BCUT2D eigenvalue weighted by molar-refractivity contribution is 0.470. The summed E-state index contributed by atoms with van der Waals surface area (Å²) in [5.74, 6) is 0. The molecule has 5 rings (SSSR count). The topological polar surface area (TPSA) is 51.6 Å². The third-order valence-electron chi connectivity index (χ3n) is 5.51. The molecule has 26 heavy (non-hydrogen) atoms. The van der Waals surface area contributed by atoms with Gasteiger partial charge in [0.2, 0.25) is 0 Å². The van der Waals surface area contributed by atoms with E-state index in [9.17, 15) is 0 Å². The number of rotatable bonds is 0. The van der Waals surface area contributed by atoms with Crippen molar-refractivity contribution in [1.82, 2.24) is 19.9 Å². The lowest BCUT2D eigenvalue weighted by Gasteiger charge is -2.40. The van der Waals surface area contributed by atoms with Gasteiger partial charge < -0.3 is 0 Å². The SMILES string of the molecule is CC1(C)c2nc3ccccc3nc2C(C)(C)c2nc3ccccc3nc21. The van der Waals surface area contributed by atoms with E-state index < -0.39 is 0 Å². The Bertz CT molecular complexity index is 1010. The smallest absolute Gasteiger partial charge is 0.0890 e. The predicted molar refractivity (Wildman–Crippen MR) is 103 cm³/mol. The maximum Gasteiger partial charge on any atom is 0.0890 e. The fraction of sp³-hybridized carbons (Fsp3) is 0.273. The van der Waals surface area contributed by atoms with E-state index in [1.165, 1.54) is 0 Å². The Hall–Kier alpha value is -2.88. The molecule has 0 N–H and O–H groups in total. The van der Waals surface area contributed by atoms with Crippen LogP contribution in [-0.2, 0) is 10.8 Å². The van der Waals surface area contributed by atoms with Crippen molar-refractivity contribution in [3.05, 3.63) is 71.3 Å². The Kier molecular flexibility index (Phi) is 2.87. The molecule has 1 aliphatic rings. The van der Waals surface area contributed by atoms with Gasteiger partial charge >= 0.3 is 0 Å². The lowest BCUT2D eigenvalue weighted by atomic mass is 9.67. The molecule has 128 valence electrons. The van der Waals surface area contributed by atoms with Crippen LogP contribution in [0.3, 0.4) is 0 Å². The summed E-state index contributed by atoms with van der Waals surface area (Å²) >= 11 is 0. The van der Waals surface area contributed by atoms with Crippen molar-refractivity contribution < 1.29 is 0 Å². The molecule has 0 spiro atoms. The van der Waals surface area contributed by atoms with Gasteiger partial charge in [0.05, 0.1) is 55.7 Å². The number of hydrogen-bond acceptors (Lipinski definition) is 4. The minimum absolute atomic E-state index is 0.353. The number of hydrogen-bond donors (Lipinski definition) is 0. The van der Waals surface area contributed by atoms with E-state index in [1.54, 1.807) is 0 Å². The van der Waals surface area contributed by atoms with Crippen LogP contribution in [-0.4, -0.2) is 19.9 Å². The van der Waals surface area contributed by atoms with Crippen LogP contribution in [0.5, 0.6) is 0 Å². The van der Waals surface area contributed by atoms with E-state index >= 15 is 0 Å². The van der Waals surface area contributed by atoms with Crippen LogP contribution in [0.25, 0.3) is 22.1 Å². The Morgan fingerprint density at radius 1 is 0.462 bits per heavy atom. The van der Waals surface area contributed by atoms with Gasteiger partial charge in [-0.3, -0.25) is 0 Å². The first-order chi connectivity index (χ1) is 12.4. The maximum atomic E-state index is 5.01. The van der Waals surface area contributed by atoms with E-state index in [0.29, 0.717) is 0 Å². The van der Waals surface area contributed by atoms with Gasteiger partial charge in [-0.2, -0.15) is 0 Å². The largest absolute Gasteiger partial charge is 0.248 e.